The van der Waals surface area contributed by atoms with Crippen LogP contribution in [0, 0.1) is 0 Å². The molecule has 0 bridgehead atoms. The number of hydrogen-bond acceptors (Lipinski definition) is 3. The Morgan fingerprint density at radius 1 is 1.17 bits per heavy atom. The first kappa shape index (κ1) is 11.0. The van der Waals surface area contributed by atoms with Crippen LogP contribution in [0.25, 0.3) is 0 Å². The summed E-state index contributed by atoms with van der Waals surface area (Å²) in [5.41, 5.74) is 0. The molecule has 68 valence electrons. The lowest BCUT2D eigenvalue weighted by molar-refractivity contribution is 0.450. The molecule has 0 atom stereocenters. The van der Waals surface area contributed by atoms with E-state index in [-0.39, 0.29) is 11.5 Å². The number of phenolic OH excluding ortho intramolecular Hbond substituents is 2. The van der Waals surface area contributed by atoms with Gasteiger partial charge < -0.3 is 10.2 Å². The van der Waals surface area contributed by atoms with E-state index in [4.69, 9.17) is 10.2 Å². The summed E-state index contributed by atoms with van der Waals surface area (Å²) in [5, 5.41) is 17.3. The van der Waals surface area contributed by atoms with Crippen LogP contribution in [0.4, 0.5) is 0 Å². The molecule has 1 aromatic rings. The van der Waals surface area contributed by atoms with Crippen LogP contribution in [-0.4, -0.2) is 26.9 Å². The highest BCUT2D eigenvalue weighted by molar-refractivity contribution is 7.83. The molecule has 2 N–H and O–H groups in total. The lowest BCUT2D eigenvalue weighted by Gasteiger charge is -1.89. The van der Waals surface area contributed by atoms with E-state index >= 15 is 0 Å². The van der Waals surface area contributed by atoms with Gasteiger partial charge in [-0.25, -0.2) is 0 Å². The van der Waals surface area contributed by atoms with Gasteiger partial charge in [0.2, 0.25) is 0 Å². The van der Waals surface area contributed by atoms with Crippen LogP contribution in [0.5, 0.6) is 11.5 Å². The Morgan fingerprint density at radius 3 is 1.67 bits per heavy atom. The van der Waals surface area contributed by atoms with Crippen molar-refractivity contribution in [2.24, 2.45) is 0 Å². The first-order valence-electron chi connectivity index (χ1n) is 3.25. The lowest BCUT2D eigenvalue weighted by atomic mass is 10.3. The first-order chi connectivity index (χ1) is 5.52. The maximum atomic E-state index is 9.56. The molecule has 0 fully saturated rings. The highest BCUT2D eigenvalue weighted by atomic mass is 32.2. The molecule has 0 saturated heterocycles. The second-order valence-electron chi connectivity index (χ2n) is 2.26. The van der Waals surface area contributed by atoms with Gasteiger partial charge in [0.05, 0.1) is 0 Å². The zero-order valence-corrected chi connectivity index (χ0v) is 7.84. The molecule has 0 aliphatic heterocycles. The van der Waals surface area contributed by atoms with Crippen LogP contribution in [-0.2, 0) is 10.8 Å². The molecule has 0 aliphatic rings. The van der Waals surface area contributed by atoms with Crippen LogP contribution >= 0.6 is 0 Å². The van der Waals surface area contributed by atoms with Crippen LogP contribution in [0.2, 0.25) is 0 Å². The fraction of sp³-hybridized carbons (Fsp3) is 0.250. The minimum Gasteiger partial charge on any atom is -0.508 e. The van der Waals surface area contributed by atoms with Crippen molar-refractivity contribution in [1.82, 2.24) is 0 Å². The van der Waals surface area contributed by atoms with Crippen molar-refractivity contribution in [2.75, 3.05) is 12.5 Å². The number of aromatic hydroxyl groups is 2. The summed E-state index contributed by atoms with van der Waals surface area (Å²) in [4.78, 5) is 0. The Hall–Kier alpha value is -1.03. The molecule has 0 aliphatic carbocycles. The molecule has 0 amide bonds. The van der Waals surface area contributed by atoms with Crippen molar-refractivity contribution in [1.29, 1.82) is 0 Å². The number of benzene rings is 1. The first-order valence-corrected chi connectivity index (χ1v) is 5.22. The van der Waals surface area contributed by atoms with Gasteiger partial charge >= 0.3 is 0 Å². The van der Waals surface area contributed by atoms with Crippen molar-refractivity contribution < 1.29 is 14.4 Å². The predicted molar refractivity (Wildman–Crippen MR) is 49.8 cm³/mol. The number of phenols is 2. The molecule has 0 saturated carbocycles. The minimum atomic E-state index is -0.611. The van der Waals surface area contributed by atoms with E-state index in [0.29, 0.717) is 0 Å². The molecule has 0 unspecified atom stereocenters. The molecule has 1 aromatic carbocycles. The maximum absolute atomic E-state index is 9.56. The van der Waals surface area contributed by atoms with Gasteiger partial charge in [-0.3, -0.25) is 4.21 Å². The zero-order chi connectivity index (χ0) is 9.56. The van der Waals surface area contributed by atoms with E-state index in [9.17, 15) is 4.21 Å². The summed E-state index contributed by atoms with van der Waals surface area (Å²) < 4.78 is 9.56. The van der Waals surface area contributed by atoms with E-state index in [1.165, 1.54) is 18.2 Å². The summed E-state index contributed by atoms with van der Waals surface area (Å²) in [6.07, 6.45) is 3.28. The molecule has 0 aromatic heterocycles. The van der Waals surface area contributed by atoms with Crippen molar-refractivity contribution in [2.45, 2.75) is 0 Å². The SMILES string of the molecule is CS(C)=O.Oc1cccc(O)c1. The van der Waals surface area contributed by atoms with E-state index in [0.717, 1.165) is 0 Å². The third kappa shape index (κ3) is 7.08. The number of hydrogen-bond donors (Lipinski definition) is 2. The Bertz CT molecular complexity index is 239. The third-order valence-corrected chi connectivity index (χ3v) is 0.830. The lowest BCUT2D eigenvalue weighted by Crippen LogP contribution is -1.70. The predicted octanol–water partition coefficient (Wildman–Crippen LogP) is 1.09. The number of rotatable bonds is 0. The van der Waals surface area contributed by atoms with E-state index in [1.54, 1.807) is 18.6 Å². The van der Waals surface area contributed by atoms with Gasteiger partial charge in [0.1, 0.15) is 11.5 Å². The van der Waals surface area contributed by atoms with E-state index < -0.39 is 10.8 Å². The standard InChI is InChI=1S/C6H6O2.C2H6OS/c7-5-2-1-3-6(8)4-5;1-4(2)3/h1-4,7-8H;1-2H3. The zero-order valence-electron chi connectivity index (χ0n) is 7.02. The fourth-order valence-corrected chi connectivity index (χ4v) is 0.493. The third-order valence-electron chi connectivity index (χ3n) is 0.830. The van der Waals surface area contributed by atoms with Gasteiger partial charge in [0.25, 0.3) is 0 Å². The van der Waals surface area contributed by atoms with Crippen LogP contribution in [0.15, 0.2) is 24.3 Å². The van der Waals surface area contributed by atoms with Gasteiger partial charge in [-0.1, -0.05) is 6.07 Å². The quantitative estimate of drug-likeness (QED) is 0.640. The van der Waals surface area contributed by atoms with Crippen LogP contribution in [0.1, 0.15) is 0 Å². The molecule has 4 heteroatoms. The van der Waals surface area contributed by atoms with Crippen molar-refractivity contribution in [3.8, 4) is 11.5 Å². The van der Waals surface area contributed by atoms with Gasteiger partial charge in [0, 0.05) is 29.4 Å². The molecule has 3 nitrogen and oxygen atoms in total. The molecule has 1 rings (SSSR count). The Balaban J connectivity index is 0.000000261. The monoisotopic (exact) mass is 188 g/mol. The summed E-state index contributed by atoms with van der Waals surface area (Å²) in [7, 11) is -0.611. The largest absolute Gasteiger partial charge is 0.508 e. The summed E-state index contributed by atoms with van der Waals surface area (Å²) in [6.45, 7) is 0. The molecular formula is C8H12O3S. The topological polar surface area (TPSA) is 57.5 Å². The molecular weight excluding hydrogens is 176 g/mol. The summed E-state index contributed by atoms with van der Waals surface area (Å²) >= 11 is 0. The average molecular weight is 188 g/mol. The second-order valence-corrected chi connectivity index (χ2v) is 3.74. The summed E-state index contributed by atoms with van der Waals surface area (Å²) in [5.74, 6) is 0.176. The smallest absolute Gasteiger partial charge is 0.119 e. The summed E-state index contributed by atoms with van der Waals surface area (Å²) in [6, 6.07) is 5.85. The minimum absolute atomic E-state index is 0.0880. The van der Waals surface area contributed by atoms with E-state index in [2.05, 4.69) is 0 Å². The Morgan fingerprint density at radius 2 is 1.50 bits per heavy atom. The second kappa shape index (κ2) is 5.60. The molecule has 0 spiro atoms. The average Bonchev–Trinajstić information content (AvgIpc) is 1.84. The normalized spacial score (nSPS) is 8.92. The molecule has 12 heavy (non-hydrogen) atoms. The Labute approximate surface area is 74.1 Å². The highest BCUT2D eigenvalue weighted by Gasteiger charge is 1.85. The van der Waals surface area contributed by atoms with Gasteiger partial charge in [-0.05, 0) is 12.1 Å². The van der Waals surface area contributed by atoms with Crippen LogP contribution in [0.3, 0.4) is 0 Å². The van der Waals surface area contributed by atoms with E-state index in [1.807, 2.05) is 0 Å². The fourth-order valence-electron chi connectivity index (χ4n) is 0.493. The van der Waals surface area contributed by atoms with Gasteiger partial charge in [0.15, 0.2) is 0 Å². The molecule has 0 radical (unpaired) electrons. The highest BCUT2D eigenvalue weighted by Crippen LogP contribution is 2.14. The van der Waals surface area contributed by atoms with Crippen molar-refractivity contribution >= 4 is 10.8 Å². The van der Waals surface area contributed by atoms with Crippen molar-refractivity contribution in [3.05, 3.63) is 24.3 Å². The van der Waals surface area contributed by atoms with Crippen molar-refractivity contribution in [3.63, 3.8) is 0 Å². The maximum Gasteiger partial charge on any atom is 0.119 e. The Kier molecular flexibility index (Phi) is 5.12. The van der Waals surface area contributed by atoms with Gasteiger partial charge in [-0.15, -0.1) is 0 Å². The molecule has 0 heterocycles. The van der Waals surface area contributed by atoms with Gasteiger partial charge in [-0.2, -0.15) is 0 Å². The van der Waals surface area contributed by atoms with Crippen LogP contribution < -0.4 is 0 Å².